The molecule has 7 rings (SSSR count). The van der Waals surface area contributed by atoms with E-state index in [1.807, 2.05) is 12.1 Å². The Kier molecular flexibility index (Phi) is 6.82. The van der Waals surface area contributed by atoms with Crippen molar-refractivity contribution in [2.24, 2.45) is 0 Å². The summed E-state index contributed by atoms with van der Waals surface area (Å²) in [5, 5.41) is 0. The lowest BCUT2D eigenvalue weighted by molar-refractivity contribution is -0.274. The average Bonchev–Trinajstić information content (AvgIpc) is 2.99. The van der Waals surface area contributed by atoms with Gasteiger partial charge in [0, 0.05) is 46.3 Å². The fraction of sp³-hybridized carbons (Fsp3) is 0.231. The molecule has 0 saturated heterocycles. The van der Waals surface area contributed by atoms with Crippen LogP contribution in [0.5, 0.6) is 5.75 Å². The normalized spacial score (nSPS) is 13.4. The third-order valence-corrected chi connectivity index (χ3v) is 10.3. The molecule has 5 aromatic carbocycles. The summed E-state index contributed by atoms with van der Waals surface area (Å²) >= 11 is 0. The van der Waals surface area contributed by atoms with Gasteiger partial charge in [0.15, 0.2) is 0 Å². The summed E-state index contributed by atoms with van der Waals surface area (Å²) < 4.78 is 46.9. The quantitative estimate of drug-likeness (QED) is 0.184. The summed E-state index contributed by atoms with van der Waals surface area (Å²) in [5.74, 6) is -0.242. The Labute approximate surface area is 269 Å². The number of rotatable bonds is 3. The molecule has 0 bridgehead atoms. The molecule has 0 saturated carbocycles. The molecule has 5 aromatic rings. The van der Waals surface area contributed by atoms with Crippen molar-refractivity contribution in [3.63, 3.8) is 0 Å². The smallest absolute Gasteiger partial charge is 0.406 e. The summed E-state index contributed by atoms with van der Waals surface area (Å²) in [4.78, 5) is 4.35. The summed E-state index contributed by atoms with van der Waals surface area (Å²) in [5.41, 5.74) is 17.3. The van der Waals surface area contributed by atoms with Crippen LogP contribution in [0.2, 0.25) is 0 Å². The first-order chi connectivity index (χ1) is 21.8. The number of hydrogen-bond acceptors (Lipinski definition) is 3. The number of aryl methyl sites for hydroxylation is 4. The van der Waals surface area contributed by atoms with Crippen molar-refractivity contribution in [2.75, 3.05) is 9.80 Å². The molecule has 0 unspecified atom stereocenters. The molecule has 0 N–H and O–H groups in total. The van der Waals surface area contributed by atoms with Crippen LogP contribution in [0.15, 0.2) is 72.8 Å². The van der Waals surface area contributed by atoms with Crippen LogP contribution in [0.3, 0.4) is 0 Å². The van der Waals surface area contributed by atoms with E-state index in [-0.39, 0.29) is 12.5 Å². The van der Waals surface area contributed by atoms with Crippen molar-refractivity contribution in [3.05, 3.63) is 117 Å². The first-order valence-corrected chi connectivity index (χ1v) is 15.6. The molecule has 0 aliphatic carbocycles. The Balaban J connectivity index is 1.68. The molecule has 3 nitrogen and oxygen atoms in total. The van der Waals surface area contributed by atoms with Crippen molar-refractivity contribution in [2.45, 2.75) is 61.8 Å². The highest BCUT2D eigenvalue weighted by Crippen LogP contribution is 2.49. The van der Waals surface area contributed by atoms with Gasteiger partial charge in [-0.2, -0.15) is 0 Å². The standard InChI is InChI=1S/C39H36BF3N2O/c1-21-11-9-13-32(25(21)5)44-34-19-29(46-39(41,42)43)20-35-36(34)40(30-17-15-23(3)27(7)37(30)44)31-18-16-24(4)28(8)38(31)45(35)33-14-10-12-22(2)26(33)6/h9-20H,1-8H3. The lowest BCUT2D eigenvalue weighted by atomic mass is 9.33. The van der Waals surface area contributed by atoms with E-state index in [1.54, 1.807) is 12.1 Å². The van der Waals surface area contributed by atoms with Crippen molar-refractivity contribution < 1.29 is 17.9 Å². The minimum Gasteiger partial charge on any atom is -0.406 e. The van der Waals surface area contributed by atoms with Gasteiger partial charge in [-0.05, 0) is 128 Å². The maximum Gasteiger partial charge on any atom is 0.573 e. The van der Waals surface area contributed by atoms with Gasteiger partial charge in [-0.25, -0.2) is 0 Å². The van der Waals surface area contributed by atoms with Gasteiger partial charge in [-0.3, -0.25) is 0 Å². The van der Waals surface area contributed by atoms with Crippen LogP contribution in [-0.2, 0) is 0 Å². The van der Waals surface area contributed by atoms with E-state index in [4.69, 9.17) is 4.74 Å². The number of alkyl halides is 3. The van der Waals surface area contributed by atoms with E-state index in [0.29, 0.717) is 11.4 Å². The zero-order chi connectivity index (χ0) is 32.8. The molecule has 2 aliphatic rings. The predicted molar refractivity (Wildman–Crippen MR) is 185 cm³/mol. The van der Waals surface area contributed by atoms with E-state index >= 15 is 0 Å². The van der Waals surface area contributed by atoms with Crippen molar-refractivity contribution in [1.82, 2.24) is 0 Å². The Morgan fingerprint density at radius 2 is 0.935 bits per heavy atom. The monoisotopic (exact) mass is 616 g/mol. The maximum atomic E-state index is 14.0. The summed E-state index contributed by atoms with van der Waals surface area (Å²) in [6.45, 7) is 16.5. The zero-order valence-corrected chi connectivity index (χ0v) is 27.4. The van der Waals surface area contributed by atoms with Crippen LogP contribution >= 0.6 is 0 Å². The third-order valence-electron chi connectivity index (χ3n) is 10.3. The molecule has 2 aliphatic heterocycles. The Morgan fingerprint density at radius 1 is 0.522 bits per heavy atom. The van der Waals surface area contributed by atoms with Gasteiger partial charge in [0.1, 0.15) is 5.75 Å². The number of hydrogen-bond donors (Lipinski definition) is 0. The highest BCUT2D eigenvalue weighted by Gasteiger charge is 2.46. The van der Waals surface area contributed by atoms with Crippen molar-refractivity contribution in [1.29, 1.82) is 0 Å². The van der Waals surface area contributed by atoms with Crippen LogP contribution in [-0.4, -0.2) is 13.1 Å². The second-order valence-electron chi connectivity index (χ2n) is 12.9. The Bertz CT molecular complexity index is 1950. The predicted octanol–water partition coefficient (Wildman–Crippen LogP) is 9.14. The first kappa shape index (κ1) is 30.0. The molecular formula is C39H36BF3N2O. The summed E-state index contributed by atoms with van der Waals surface area (Å²) in [6.07, 6.45) is -4.85. The van der Waals surface area contributed by atoms with Gasteiger partial charge in [0.25, 0.3) is 6.71 Å². The maximum absolute atomic E-state index is 14.0. The van der Waals surface area contributed by atoms with Gasteiger partial charge in [0.05, 0.1) is 0 Å². The Hall–Kier alpha value is -4.65. The van der Waals surface area contributed by atoms with Crippen molar-refractivity contribution >= 4 is 57.2 Å². The molecular weight excluding hydrogens is 580 g/mol. The van der Waals surface area contributed by atoms with Gasteiger partial charge in [-0.1, -0.05) is 48.5 Å². The number of halogens is 3. The number of anilines is 6. The van der Waals surface area contributed by atoms with Gasteiger partial charge in [-0.15, -0.1) is 13.2 Å². The summed E-state index contributed by atoms with van der Waals surface area (Å²) in [7, 11) is 0. The van der Waals surface area contributed by atoms with Gasteiger partial charge >= 0.3 is 6.36 Å². The fourth-order valence-corrected chi connectivity index (χ4v) is 7.34. The van der Waals surface area contributed by atoms with Crippen molar-refractivity contribution in [3.8, 4) is 5.75 Å². The topological polar surface area (TPSA) is 15.7 Å². The van der Waals surface area contributed by atoms with E-state index in [2.05, 4.69) is 114 Å². The molecule has 0 amide bonds. The first-order valence-electron chi connectivity index (χ1n) is 15.6. The van der Waals surface area contributed by atoms with Crippen LogP contribution in [0.4, 0.5) is 47.3 Å². The molecule has 0 atom stereocenters. The molecule has 0 radical (unpaired) electrons. The number of nitrogens with zero attached hydrogens (tertiary/aromatic N) is 2. The van der Waals surface area contributed by atoms with E-state index < -0.39 is 6.36 Å². The fourth-order valence-electron chi connectivity index (χ4n) is 7.34. The number of fused-ring (bicyclic) bond motifs is 4. The second-order valence-corrected chi connectivity index (χ2v) is 12.9. The van der Waals surface area contributed by atoms with E-state index in [9.17, 15) is 13.2 Å². The van der Waals surface area contributed by atoms with Crippen LogP contribution in [0, 0.1) is 55.4 Å². The minimum atomic E-state index is -4.85. The van der Waals surface area contributed by atoms with E-state index in [0.717, 1.165) is 83.6 Å². The minimum absolute atomic E-state index is 0.198. The highest BCUT2D eigenvalue weighted by atomic mass is 19.4. The Morgan fingerprint density at radius 3 is 1.35 bits per heavy atom. The lowest BCUT2D eigenvalue weighted by Crippen LogP contribution is -2.62. The SMILES string of the molecule is Cc1cccc(N2c3cc(OC(F)(F)F)cc4c3B(c3ccc(C)c(C)c32)c2ccc(C)c(C)c2N4c2cccc(C)c2C)c1C. The van der Waals surface area contributed by atoms with Gasteiger partial charge in [0.2, 0.25) is 0 Å². The van der Waals surface area contributed by atoms with Gasteiger partial charge < -0.3 is 14.5 Å². The van der Waals surface area contributed by atoms with Crippen LogP contribution in [0.25, 0.3) is 0 Å². The number of benzene rings is 5. The number of ether oxygens (including phenoxy) is 1. The molecule has 232 valence electrons. The van der Waals surface area contributed by atoms with Crippen LogP contribution in [0.1, 0.15) is 44.5 Å². The zero-order valence-electron chi connectivity index (χ0n) is 27.4. The highest BCUT2D eigenvalue weighted by molar-refractivity contribution is 7.00. The molecule has 7 heteroatoms. The third kappa shape index (κ3) is 4.43. The lowest BCUT2D eigenvalue weighted by Gasteiger charge is -2.46. The molecule has 2 heterocycles. The largest absolute Gasteiger partial charge is 0.573 e. The van der Waals surface area contributed by atoms with E-state index in [1.165, 1.54) is 0 Å². The molecule has 0 aromatic heterocycles. The van der Waals surface area contributed by atoms with Crippen LogP contribution < -0.4 is 30.9 Å². The molecule has 46 heavy (non-hydrogen) atoms. The summed E-state index contributed by atoms with van der Waals surface area (Å²) in [6, 6.07) is 24.2. The molecule has 0 spiro atoms. The molecule has 0 fully saturated rings. The second kappa shape index (κ2) is 10.4. The average molecular weight is 617 g/mol.